The van der Waals surface area contributed by atoms with Crippen molar-refractivity contribution in [1.29, 1.82) is 0 Å². The van der Waals surface area contributed by atoms with Crippen molar-refractivity contribution in [3.05, 3.63) is 34.7 Å². The average molecular weight is 439 g/mol. The lowest BCUT2D eigenvalue weighted by Gasteiger charge is -2.31. The van der Waals surface area contributed by atoms with Gasteiger partial charge in [0.05, 0.1) is 20.1 Å². The van der Waals surface area contributed by atoms with E-state index in [0.29, 0.717) is 40.8 Å². The second-order valence-corrected chi connectivity index (χ2v) is 10.5. The normalized spacial score (nSPS) is 17.7. The lowest BCUT2D eigenvalue weighted by Crippen LogP contribution is -2.43. The minimum atomic E-state index is -3.57. The first kappa shape index (κ1) is 21.6. The van der Waals surface area contributed by atoms with Gasteiger partial charge in [-0.05, 0) is 50.5 Å². The van der Waals surface area contributed by atoms with Gasteiger partial charge in [-0.1, -0.05) is 0 Å². The van der Waals surface area contributed by atoms with Crippen LogP contribution in [0.2, 0.25) is 0 Å². The number of amides is 1. The SMILES string of the molecule is COc1cc(C)c(NC(=O)C2CCCN(S(=O)(=O)c3ccc(C)s3)C2)cc1OC. The fourth-order valence-electron chi connectivity index (χ4n) is 3.40. The summed E-state index contributed by atoms with van der Waals surface area (Å²) in [6.45, 7) is 4.35. The molecule has 1 atom stereocenters. The topological polar surface area (TPSA) is 84.9 Å². The van der Waals surface area contributed by atoms with Crippen LogP contribution in [0.3, 0.4) is 0 Å². The van der Waals surface area contributed by atoms with Gasteiger partial charge < -0.3 is 14.8 Å². The summed E-state index contributed by atoms with van der Waals surface area (Å²) in [5.74, 6) is 0.508. The number of rotatable bonds is 6. The fourth-order valence-corrected chi connectivity index (χ4v) is 6.36. The zero-order valence-corrected chi connectivity index (χ0v) is 18.7. The molecule has 0 bridgehead atoms. The summed E-state index contributed by atoms with van der Waals surface area (Å²) < 4.78 is 38.2. The molecule has 1 unspecified atom stereocenters. The Morgan fingerprint density at radius 2 is 1.86 bits per heavy atom. The number of sulfonamides is 1. The third kappa shape index (κ3) is 4.57. The van der Waals surface area contributed by atoms with Crippen LogP contribution in [0.5, 0.6) is 11.5 Å². The zero-order valence-electron chi connectivity index (χ0n) is 17.0. The molecule has 0 aliphatic carbocycles. The third-order valence-electron chi connectivity index (χ3n) is 5.05. The maximum Gasteiger partial charge on any atom is 0.252 e. The smallest absolute Gasteiger partial charge is 0.252 e. The van der Waals surface area contributed by atoms with Crippen LogP contribution >= 0.6 is 11.3 Å². The van der Waals surface area contributed by atoms with Gasteiger partial charge in [-0.2, -0.15) is 4.31 Å². The lowest BCUT2D eigenvalue weighted by molar-refractivity contribution is -0.120. The first-order chi connectivity index (χ1) is 13.8. The molecule has 29 heavy (non-hydrogen) atoms. The minimum Gasteiger partial charge on any atom is -0.493 e. The van der Waals surface area contributed by atoms with Crippen molar-refractivity contribution >= 4 is 33.0 Å². The molecule has 1 aliphatic heterocycles. The second kappa shape index (κ2) is 8.73. The second-order valence-electron chi connectivity index (χ2n) is 7.08. The molecule has 1 aromatic carbocycles. The number of nitrogens with one attached hydrogen (secondary N) is 1. The highest BCUT2D eigenvalue weighted by molar-refractivity contribution is 7.91. The van der Waals surface area contributed by atoms with E-state index in [2.05, 4.69) is 5.32 Å². The van der Waals surface area contributed by atoms with Crippen LogP contribution in [0.25, 0.3) is 0 Å². The van der Waals surface area contributed by atoms with Crippen LogP contribution in [-0.4, -0.2) is 45.9 Å². The van der Waals surface area contributed by atoms with Gasteiger partial charge in [0.15, 0.2) is 11.5 Å². The van der Waals surface area contributed by atoms with Crippen molar-refractivity contribution in [1.82, 2.24) is 4.31 Å². The molecule has 0 spiro atoms. The van der Waals surface area contributed by atoms with Crippen molar-refractivity contribution in [2.24, 2.45) is 5.92 Å². The van der Waals surface area contributed by atoms with E-state index in [1.54, 1.807) is 31.4 Å². The van der Waals surface area contributed by atoms with Crippen molar-refractivity contribution in [3.8, 4) is 11.5 Å². The van der Waals surface area contributed by atoms with E-state index in [1.165, 1.54) is 22.8 Å². The molecule has 0 saturated carbocycles. The number of benzene rings is 1. The monoisotopic (exact) mass is 438 g/mol. The first-order valence-electron chi connectivity index (χ1n) is 9.36. The number of hydrogen-bond acceptors (Lipinski definition) is 6. The number of hydrogen-bond donors (Lipinski definition) is 1. The predicted molar refractivity (Wildman–Crippen MR) is 113 cm³/mol. The maximum atomic E-state index is 12.9. The van der Waals surface area contributed by atoms with Gasteiger partial charge in [0, 0.05) is 29.7 Å². The van der Waals surface area contributed by atoms with Crippen LogP contribution in [0.1, 0.15) is 23.3 Å². The van der Waals surface area contributed by atoms with Crippen LogP contribution in [0.4, 0.5) is 5.69 Å². The lowest BCUT2D eigenvalue weighted by atomic mass is 9.98. The molecule has 2 heterocycles. The molecular formula is C20H26N2O5S2. The molecule has 7 nitrogen and oxygen atoms in total. The number of piperidine rings is 1. The number of carbonyl (C=O) groups is 1. The highest BCUT2D eigenvalue weighted by Gasteiger charge is 2.34. The first-order valence-corrected chi connectivity index (χ1v) is 11.6. The molecule has 1 saturated heterocycles. The summed E-state index contributed by atoms with van der Waals surface area (Å²) in [4.78, 5) is 13.8. The van der Waals surface area contributed by atoms with Crippen molar-refractivity contribution in [2.45, 2.75) is 30.9 Å². The summed E-state index contributed by atoms with van der Waals surface area (Å²) in [7, 11) is -0.479. The largest absolute Gasteiger partial charge is 0.493 e. The number of anilines is 1. The molecule has 1 aliphatic rings. The highest BCUT2D eigenvalue weighted by atomic mass is 32.2. The number of ether oxygens (including phenoxy) is 2. The summed E-state index contributed by atoms with van der Waals surface area (Å²) in [5, 5.41) is 2.93. The molecular weight excluding hydrogens is 412 g/mol. The number of methoxy groups -OCH3 is 2. The number of carbonyl (C=O) groups excluding carboxylic acids is 1. The van der Waals surface area contributed by atoms with Gasteiger partial charge in [0.2, 0.25) is 5.91 Å². The number of aryl methyl sites for hydroxylation is 2. The van der Waals surface area contributed by atoms with Crippen LogP contribution in [0, 0.1) is 19.8 Å². The van der Waals surface area contributed by atoms with Gasteiger partial charge in [0.25, 0.3) is 10.0 Å². The fraction of sp³-hybridized carbons (Fsp3) is 0.450. The average Bonchev–Trinajstić information content (AvgIpc) is 3.16. The molecule has 3 rings (SSSR count). The van der Waals surface area contributed by atoms with E-state index in [9.17, 15) is 13.2 Å². The van der Waals surface area contributed by atoms with E-state index in [0.717, 1.165) is 10.4 Å². The highest BCUT2D eigenvalue weighted by Crippen LogP contribution is 2.34. The predicted octanol–water partition coefficient (Wildman–Crippen LogP) is 3.42. The van der Waals surface area contributed by atoms with E-state index in [4.69, 9.17) is 9.47 Å². The van der Waals surface area contributed by atoms with Crippen molar-refractivity contribution in [3.63, 3.8) is 0 Å². The zero-order chi connectivity index (χ0) is 21.2. The molecule has 9 heteroatoms. The summed E-state index contributed by atoms with van der Waals surface area (Å²) in [6, 6.07) is 6.95. The summed E-state index contributed by atoms with van der Waals surface area (Å²) in [6.07, 6.45) is 1.29. The Balaban J connectivity index is 1.75. The summed E-state index contributed by atoms with van der Waals surface area (Å²) >= 11 is 1.25. The third-order valence-corrected chi connectivity index (χ3v) is 8.39. The van der Waals surface area contributed by atoms with Crippen LogP contribution in [0.15, 0.2) is 28.5 Å². The summed E-state index contributed by atoms with van der Waals surface area (Å²) in [5.41, 5.74) is 1.46. The molecule has 0 radical (unpaired) electrons. The molecule has 1 amide bonds. The van der Waals surface area contributed by atoms with Crippen LogP contribution in [-0.2, 0) is 14.8 Å². The Bertz CT molecular complexity index is 1000. The van der Waals surface area contributed by atoms with Crippen molar-refractivity contribution in [2.75, 3.05) is 32.6 Å². The molecule has 1 fully saturated rings. The van der Waals surface area contributed by atoms with Gasteiger partial charge in [-0.3, -0.25) is 4.79 Å². The number of thiophene rings is 1. The molecule has 158 valence electrons. The standard InChI is InChI=1S/C20H26N2O5S2/c1-13-10-17(26-3)18(27-4)11-16(13)21-20(23)15-6-5-9-22(12-15)29(24,25)19-8-7-14(2)28-19/h7-8,10-11,15H,5-6,9,12H2,1-4H3,(H,21,23). The van der Waals surface area contributed by atoms with Gasteiger partial charge in [-0.25, -0.2) is 8.42 Å². The molecule has 1 aromatic heterocycles. The van der Waals surface area contributed by atoms with E-state index in [1.807, 2.05) is 13.8 Å². The number of nitrogens with zero attached hydrogens (tertiary/aromatic N) is 1. The maximum absolute atomic E-state index is 12.9. The van der Waals surface area contributed by atoms with Crippen LogP contribution < -0.4 is 14.8 Å². The Hall–Kier alpha value is -2.10. The van der Waals surface area contributed by atoms with Crippen molar-refractivity contribution < 1.29 is 22.7 Å². The van der Waals surface area contributed by atoms with E-state index in [-0.39, 0.29) is 12.5 Å². The Morgan fingerprint density at radius 3 is 2.48 bits per heavy atom. The Kier molecular flexibility index (Phi) is 6.50. The van der Waals surface area contributed by atoms with Gasteiger partial charge in [-0.15, -0.1) is 11.3 Å². The Labute approximate surface area is 175 Å². The quantitative estimate of drug-likeness (QED) is 0.747. The Morgan fingerprint density at radius 1 is 1.17 bits per heavy atom. The van der Waals surface area contributed by atoms with Gasteiger partial charge >= 0.3 is 0 Å². The van der Waals surface area contributed by atoms with E-state index < -0.39 is 15.9 Å². The minimum absolute atomic E-state index is 0.178. The van der Waals surface area contributed by atoms with Gasteiger partial charge in [0.1, 0.15) is 4.21 Å². The molecule has 2 aromatic rings. The molecule has 1 N–H and O–H groups in total. The van der Waals surface area contributed by atoms with E-state index >= 15 is 0 Å².